The Morgan fingerprint density at radius 1 is 1.26 bits per heavy atom. The van der Waals surface area contributed by atoms with Gasteiger partial charge < -0.3 is 14.4 Å². The van der Waals surface area contributed by atoms with Gasteiger partial charge in [0.15, 0.2) is 11.5 Å². The average Bonchev–Trinajstić information content (AvgIpc) is 3.13. The molecule has 0 saturated carbocycles. The third-order valence-electron chi connectivity index (χ3n) is 3.95. The molecule has 1 aromatic heterocycles. The quantitative estimate of drug-likeness (QED) is 0.831. The minimum atomic E-state index is 0.0677. The number of hydrogen-bond acceptors (Lipinski definition) is 4. The van der Waals surface area contributed by atoms with Gasteiger partial charge >= 0.3 is 0 Å². The second kappa shape index (κ2) is 6.62. The molecule has 0 bridgehead atoms. The Kier molecular flexibility index (Phi) is 4.57. The number of thiophene rings is 1. The molecular formula is C18H21NO3S. The summed E-state index contributed by atoms with van der Waals surface area (Å²) < 4.78 is 10.7. The molecule has 1 aromatic carbocycles. The van der Waals surface area contributed by atoms with Crippen LogP contribution in [-0.2, 0) is 13.0 Å². The molecule has 1 aliphatic rings. The third-order valence-corrected chi connectivity index (χ3v) is 5.03. The molecule has 122 valence electrons. The zero-order valence-electron chi connectivity index (χ0n) is 13.7. The molecule has 0 radical (unpaired) electrons. The van der Waals surface area contributed by atoms with Crippen molar-refractivity contribution in [2.45, 2.75) is 33.2 Å². The van der Waals surface area contributed by atoms with Crippen LogP contribution in [0.5, 0.6) is 11.5 Å². The monoisotopic (exact) mass is 331 g/mol. The largest absolute Gasteiger partial charge is 0.454 e. The van der Waals surface area contributed by atoms with Crippen molar-refractivity contribution in [3.63, 3.8) is 0 Å². The lowest BCUT2D eigenvalue weighted by Crippen LogP contribution is -2.25. The number of aryl methyl sites for hydroxylation is 2. The number of benzene rings is 1. The van der Waals surface area contributed by atoms with Crippen LogP contribution in [0.3, 0.4) is 0 Å². The first kappa shape index (κ1) is 15.9. The predicted molar refractivity (Wildman–Crippen MR) is 91.4 cm³/mol. The molecule has 0 N–H and O–H groups in total. The SMILES string of the molecule is CCCc1cc(C(=O)N(C)Cc2ccc3c(c2)OCO3)sc1C. The lowest BCUT2D eigenvalue weighted by atomic mass is 10.1. The van der Waals surface area contributed by atoms with Gasteiger partial charge in [0, 0.05) is 18.5 Å². The van der Waals surface area contributed by atoms with E-state index in [9.17, 15) is 4.79 Å². The molecule has 3 rings (SSSR count). The van der Waals surface area contributed by atoms with E-state index in [0.29, 0.717) is 6.54 Å². The Morgan fingerprint density at radius 2 is 2.04 bits per heavy atom. The highest BCUT2D eigenvalue weighted by Crippen LogP contribution is 2.33. The number of fused-ring (bicyclic) bond motifs is 1. The molecule has 4 nitrogen and oxygen atoms in total. The van der Waals surface area contributed by atoms with Crippen LogP contribution in [0.25, 0.3) is 0 Å². The summed E-state index contributed by atoms with van der Waals surface area (Å²) in [7, 11) is 1.83. The predicted octanol–water partition coefficient (Wildman–Crippen LogP) is 4.01. The molecule has 0 saturated heterocycles. The van der Waals surface area contributed by atoms with Crippen molar-refractivity contribution in [3.8, 4) is 11.5 Å². The van der Waals surface area contributed by atoms with Crippen molar-refractivity contribution in [1.29, 1.82) is 0 Å². The molecule has 0 fully saturated rings. The molecule has 1 aliphatic heterocycles. The average molecular weight is 331 g/mol. The zero-order valence-corrected chi connectivity index (χ0v) is 14.5. The topological polar surface area (TPSA) is 38.8 Å². The molecule has 1 amide bonds. The van der Waals surface area contributed by atoms with E-state index in [1.807, 2.05) is 31.3 Å². The summed E-state index contributed by atoms with van der Waals surface area (Å²) in [6, 6.07) is 7.85. The molecular weight excluding hydrogens is 310 g/mol. The number of amides is 1. The van der Waals surface area contributed by atoms with Gasteiger partial charge in [-0.3, -0.25) is 4.79 Å². The van der Waals surface area contributed by atoms with E-state index in [1.54, 1.807) is 16.2 Å². The van der Waals surface area contributed by atoms with Gasteiger partial charge in [0.25, 0.3) is 5.91 Å². The van der Waals surface area contributed by atoms with E-state index in [0.717, 1.165) is 34.8 Å². The van der Waals surface area contributed by atoms with Gasteiger partial charge in [0.1, 0.15) is 0 Å². The normalized spacial score (nSPS) is 12.5. The molecule has 0 unspecified atom stereocenters. The minimum Gasteiger partial charge on any atom is -0.454 e. The summed E-state index contributed by atoms with van der Waals surface area (Å²) in [5.41, 5.74) is 2.32. The fraction of sp³-hybridized carbons (Fsp3) is 0.389. The number of rotatable bonds is 5. The van der Waals surface area contributed by atoms with Crippen LogP contribution < -0.4 is 9.47 Å². The molecule has 2 heterocycles. The Bertz CT molecular complexity index is 723. The second-order valence-corrected chi connectivity index (χ2v) is 7.05. The molecule has 5 heteroatoms. The van der Waals surface area contributed by atoms with Crippen LogP contribution in [0.2, 0.25) is 0 Å². The zero-order chi connectivity index (χ0) is 16.4. The van der Waals surface area contributed by atoms with Crippen molar-refractivity contribution >= 4 is 17.2 Å². The lowest BCUT2D eigenvalue weighted by molar-refractivity contribution is 0.0789. The van der Waals surface area contributed by atoms with Gasteiger partial charge in [-0.05, 0) is 42.7 Å². The first-order chi connectivity index (χ1) is 11.1. The van der Waals surface area contributed by atoms with Gasteiger partial charge in [-0.25, -0.2) is 0 Å². The van der Waals surface area contributed by atoms with E-state index in [1.165, 1.54) is 10.4 Å². The summed E-state index contributed by atoms with van der Waals surface area (Å²) in [5.74, 6) is 1.58. The Balaban J connectivity index is 1.71. The summed E-state index contributed by atoms with van der Waals surface area (Å²) >= 11 is 1.59. The van der Waals surface area contributed by atoms with E-state index in [2.05, 4.69) is 13.8 Å². The van der Waals surface area contributed by atoms with E-state index in [-0.39, 0.29) is 12.7 Å². The van der Waals surface area contributed by atoms with Gasteiger partial charge in [0.2, 0.25) is 6.79 Å². The molecule has 23 heavy (non-hydrogen) atoms. The second-order valence-electron chi connectivity index (χ2n) is 5.79. The minimum absolute atomic E-state index is 0.0677. The summed E-state index contributed by atoms with van der Waals surface area (Å²) in [4.78, 5) is 16.4. The van der Waals surface area contributed by atoms with Gasteiger partial charge in [-0.15, -0.1) is 11.3 Å². The summed E-state index contributed by atoms with van der Waals surface area (Å²) in [5, 5.41) is 0. The fourth-order valence-corrected chi connectivity index (χ4v) is 3.78. The maximum atomic E-state index is 12.6. The number of hydrogen-bond donors (Lipinski definition) is 0. The van der Waals surface area contributed by atoms with Crippen LogP contribution in [0.4, 0.5) is 0 Å². The molecule has 2 aromatic rings. The highest BCUT2D eigenvalue weighted by atomic mass is 32.1. The van der Waals surface area contributed by atoms with Gasteiger partial charge in [-0.2, -0.15) is 0 Å². The van der Waals surface area contributed by atoms with Crippen molar-refractivity contribution in [1.82, 2.24) is 4.90 Å². The van der Waals surface area contributed by atoms with Gasteiger partial charge in [0.05, 0.1) is 4.88 Å². The van der Waals surface area contributed by atoms with Crippen LogP contribution in [0.1, 0.15) is 39.0 Å². The van der Waals surface area contributed by atoms with E-state index < -0.39 is 0 Å². The summed E-state index contributed by atoms with van der Waals surface area (Å²) in [6.07, 6.45) is 2.12. The summed E-state index contributed by atoms with van der Waals surface area (Å²) in [6.45, 7) is 5.06. The first-order valence-corrected chi connectivity index (χ1v) is 8.63. The van der Waals surface area contributed by atoms with Crippen LogP contribution in [-0.4, -0.2) is 24.6 Å². The maximum absolute atomic E-state index is 12.6. The smallest absolute Gasteiger partial charge is 0.263 e. The third kappa shape index (κ3) is 3.34. The Hall–Kier alpha value is -2.01. The van der Waals surface area contributed by atoms with Crippen molar-refractivity contribution < 1.29 is 14.3 Å². The number of nitrogens with zero attached hydrogens (tertiary/aromatic N) is 1. The van der Waals surface area contributed by atoms with Crippen molar-refractivity contribution in [2.75, 3.05) is 13.8 Å². The van der Waals surface area contributed by atoms with Gasteiger partial charge in [-0.1, -0.05) is 19.4 Å². The highest BCUT2D eigenvalue weighted by Gasteiger charge is 2.18. The van der Waals surface area contributed by atoms with E-state index >= 15 is 0 Å². The Morgan fingerprint density at radius 3 is 2.83 bits per heavy atom. The Labute approximate surface area is 140 Å². The lowest BCUT2D eigenvalue weighted by Gasteiger charge is -2.16. The van der Waals surface area contributed by atoms with Crippen LogP contribution in [0, 0.1) is 6.92 Å². The van der Waals surface area contributed by atoms with Crippen molar-refractivity contribution in [3.05, 3.63) is 45.1 Å². The first-order valence-electron chi connectivity index (χ1n) is 7.81. The standard InChI is InChI=1S/C18H21NO3S/c1-4-5-14-9-17(23-12(14)2)18(20)19(3)10-13-6-7-15-16(8-13)22-11-21-15/h6-9H,4-5,10-11H2,1-3H3. The number of carbonyl (C=O) groups excluding carboxylic acids is 1. The molecule has 0 spiro atoms. The van der Waals surface area contributed by atoms with Crippen molar-refractivity contribution in [2.24, 2.45) is 0 Å². The highest BCUT2D eigenvalue weighted by molar-refractivity contribution is 7.14. The number of carbonyl (C=O) groups is 1. The number of ether oxygens (including phenoxy) is 2. The molecule has 0 atom stereocenters. The maximum Gasteiger partial charge on any atom is 0.263 e. The van der Waals surface area contributed by atoms with Crippen LogP contribution >= 0.6 is 11.3 Å². The molecule has 0 aliphatic carbocycles. The van der Waals surface area contributed by atoms with Crippen LogP contribution in [0.15, 0.2) is 24.3 Å². The van der Waals surface area contributed by atoms with E-state index in [4.69, 9.17) is 9.47 Å². The fourth-order valence-electron chi connectivity index (χ4n) is 2.72.